The first-order chi connectivity index (χ1) is 12.8. The van der Waals surface area contributed by atoms with Crippen LogP contribution in [0.1, 0.15) is 34.3 Å². The van der Waals surface area contributed by atoms with Crippen LogP contribution >= 0.6 is 11.6 Å². The van der Waals surface area contributed by atoms with Gasteiger partial charge in [-0.3, -0.25) is 4.79 Å². The Balaban J connectivity index is 0.00000280. The van der Waals surface area contributed by atoms with E-state index in [4.69, 9.17) is 16.3 Å². The van der Waals surface area contributed by atoms with Gasteiger partial charge in [0.1, 0.15) is 6.54 Å². The van der Waals surface area contributed by atoms with E-state index in [1.54, 1.807) is 18.2 Å². The molecular weight excluding hydrogens is 395 g/mol. The van der Waals surface area contributed by atoms with Crippen LogP contribution < -0.4 is 17.7 Å². The maximum atomic E-state index is 12.5. The molecule has 0 aliphatic carbocycles. The Morgan fingerprint density at radius 3 is 2.39 bits per heavy atom. The number of hydrogen-bond donors (Lipinski definition) is 1. The van der Waals surface area contributed by atoms with Crippen molar-refractivity contribution in [2.75, 3.05) is 32.6 Å². The standard InChI is InChI=1S/C22H27ClN2O2.ClH/c1-16-14-18(23)6-9-21(16)22(26)24-19-7-4-17(5-8-19)15-25(2,3)20-10-12-27-13-11-20;/h4-9,14,20H,10-13,15H2,1-3H3;1H. The summed E-state index contributed by atoms with van der Waals surface area (Å²) in [5, 5.41) is 3.61. The molecule has 3 rings (SSSR count). The number of quaternary nitrogens is 1. The predicted octanol–water partition coefficient (Wildman–Crippen LogP) is 1.66. The van der Waals surface area contributed by atoms with Crippen LogP contribution in [0.25, 0.3) is 0 Å². The van der Waals surface area contributed by atoms with Gasteiger partial charge in [-0.05, 0) is 42.8 Å². The Hall–Kier alpha value is -1.59. The molecule has 0 radical (unpaired) electrons. The Labute approximate surface area is 178 Å². The lowest BCUT2D eigenvalue weighted by Crippen LogP contribution is -3.00. The molecule has 0 saturated carbocycles. The van der Waals surface area contributed by atoms with Crippen molar-refractivity contribution >= 4 is 23.2 Å². The number of nitrogens with one attached hydrogen (secondary N) is 1. The fourth-order valence-corrected chi connectivity index (χ4v) is 3.98. The zero-order valence-corrected chi connectivity index (χ0v) is 18.2. The van der Waals surface area contributed by atoms with Crippen LogP contribution in [-0.2, 0) is 11.3 Å². The highest BCUT2D eigenvalue weighted by molar-refractivity contribution is 6.30. The van der Waals surface area contributed by atoms with Crippen LogP contribution in [0.5, 0.6) is 0 Å². The number of amides is 1. The summed E-state index contributed by atoms with van der Waals surface area (Å²) in [7, 11) is 4.57. The van der Waals surface area contributed by atoms with Gasteiger partial charge in [0.25, 0.3) is 5.91 Å². The van der Waals surface area contributed by atoms with Crippen LogP contribution in [0.4, 0.5) is 5.69 Å². The quantitative estimate of drug-likeness (QED) is 0.744. The van der Waals surface area contributed by atoms with Crippen LogP contribution in [0.3, 0.4) is 0 Å². The molecule has 1 saturated heterocycles. The molecule has 4 nitrogen and oxygen atoms in total. The van der Waals surface area contributed by atoms with Gasteiger partial charge in [0.2, 0.25) is 0 Å². The third-order valence-electron chi connectivity index (χ3n) is 5.41. The lowest BCUT2D eigenvalue weighted by molar-refractivity contribution is -0.929. The Kier molecular flexibility index (Phi) is 7.90. The number of hydrogen-bond acceptors (Lipinski definition) is 2. The maximum Gasteiger partial charge on any atom is 0.255 e. The summed E-state index contributed by atoms with van der Waals surface area (Å²) in [6.07, 6.45) is 2.23. The number of carbonyl (C=O) groups excluding carboxylic acids is 1. The smallest absolute Gasteiger partial charge is 0.255 e. The largest absolute Gasteiger partial charge is 1.00 e. The first-order valence-corrected chi connectivity index (χ1v) is 9.80. The minimum absolute atomic E-state index is 0. The van der Waals surface area contributed by atoms with Gasteiger partial charge in [0.05, 0.1) is 33.4 Å². The van der Waals surface area contributed by atoms with E-state index < -0.39 is 0 Å². The fourth-order valence-electron chi connectivity index (χ4n) is 3.76. The van der Waals surface area contributed by atoms with E-state index in [0.29, 0.717) is 16.6 Å². The molecule has 2 aromatic rings. The molecule has 6 heteroatoms. The van der Waals surface area contributed by atoms with Gasteiger partial charge in [0, 0.05) is 34.7 Å². The van der Waals surface area contributed by atoms with E-state index in [2.05, 4.69) is 31.5 Å². The molecule has 2 aromatic carbocycles. The van der Waals surface area contributed by atoms with Gasteiger partial charge in [0.15, 0.2) is 0 Å². The van der Waals surface area contributed by atoms with Crippen molar-refractivity contribution in [3.05, 3.63) is 64.2 Å². The van der Waals surface area contributed by atoms with Crippen LogP contribution in [0, 0.1) is 6.92 Å². The molecule has 0 aromatic heterocycles. The normalized spacial score (nSPS) is 15.0. The molecule has 0 unspecified atom stereocenters. The number of ether oxygens (including phenoxy) is 1. The van der Waals surface area contributed by atoms with E-state index in [1.807, 2.05) is 19.1 Å². The van der Waals surface area contributed by atoms with Crippen molar-refractivity contribution in [1.82, 2.24) is 0 Å². The first kappa shape index (κ1) is 22.7. The highest BCUT2D eigenvalue weighted by Gasteiger charge is 2.30. The average Bonchev–Trinajstić information content (AvgIpc) is 2.64. The number of rotatable bonds is 5. The lowest BCUT2D eigenvalue weighted by atomic mass is 10.0. The molecule has 1 aliphatic rings. The Morgan fingerprint density at radius 1 is 1.14 bits per heavy atom. The third-order valence-corrected chi connectivity index (χ3v) is 5.65. The summed E-state index contributed by atoms with van der Waals surface area (Å²) in [6, 6.07) is 14.1. The summed E-state index contributed by atoms with van der Waals surface area (Å²) in [6.45, 7) is 4.58. The van der Waals surface area contributed by atoms with Crippen molar-refractivity contribution in [3.63, 3.8) is 0 Å². The Bertz CT molecular complexity index is 801. The minimum atomic E-state index is -0.116. The molecule has 28 heavy (non-hydrogen) atoms. The molecule has 0 bridgehead atoms. The van der Waals surface area contributed by atoms with Crippen molar-refractivity contribution in [2.24, 2.45) is 0 Å². The van der Waals surface area contributed by atoms with Gasteiger partial charge in [-0.1, -0.05) is 23.7 Å². The second kappa shape index (κ2) is 9.75. The van der Waals surface area contributed by atoms with Crippen LogP contribution in [0.15, 0.2) is 42.5 Å². The van der Waals surface area contributed by atoms with E-state index >= 15 is 0 Å². The SMILES string of the molecule is Cc1cc(Cl)ccc1C(=O)Nc1ccc(C[N+](C)(C)C2CCOCC2)cc1.[Cl-]. The summed E-state index contributed by atoms with van der Waals surface area (Å²) in [5.74, 6) is -0.116. The molecule has 152 valence electrons. The number of nitrogens with zero attached hydrogens (tertiary/aromatic N) is 1. The van der Waals surface area contributed by atoms with Crippen molar-refractivity contribution in [3.8, 4) is 0 Å². The highest BCUT2D eigenvalue weighted by atomic mass is 35.5. The minimum Gasteiger partial charge on any atom is -1.00 e. The maximum absolute atomic E-state index is 12.5. The van der Waals surface area contributed by atoms with Gasteiger partial charge < -0.3 is 26.9 Å². The van der Waals surface area contributed by atoms with Gasteiger partial charge >= 0.3 is 0 Å². The third kappa shape index (κ3) is 5.71. The zero-order chi connectivity index (χ0) is 19.4. The number of anilines is 1. The summed E-state index contributed by atoms with van der Waals surface area (Å²) in [5.41, 5.74) is 3.58. The van der Waals surface area contributed by atoms with Crippen molar-refractivity contribution < 1.29 is 26.4 Å². The zero-order valence-electron chi connectivity index (χ0n) is 16.7. The van der Waals surface area contributed by atoms with Gasteiger partial charge in [-0.2, -0.15) is 0 Å². The molecule has 1 aliphatic heterocycles. The number of halogens is 2. The summed E-state index contributed by atoms with van der Waals surface area (Å²) < 4.78 is 6.45. The van der Waals surface area contributed by atoms with Crippen molar-refractivity contribution in [2.45, 2.75) is 32.4 Å². The first-order valence-electron chi connectivity index (χ1n) is 9.42. The van der Waals surface area contributed by atoms with E-state index in [1.165, 1.54) is 5.56 Å². The van der Waals surface area contributed by atoms with Crippen LogP contribution in [-0.4, -0.2) is 43.7 Å². The molecule has 0 atom stereocenters. The number of carbonyl (C=O) groups is 1. The van der Waals surface area contributed by atoms with Gasteiger partial charge in [-0.15, -0.1) is 0 Å². The van der Waals surface area contributed by atoms with E-state index in [-0.39, 0.29) is 18.3 Å². The second-order valence-corrected chi connectivity index (χ2v) is 8.33. The molecule has 0 spiro atoms. The van der Waals surface area contributed by atoms with E-state index in [9.17, 15) is 4.79 Å². The molecule has 1 N–H and O–H groups in total. The molecule has 1 heterocycles. The topological polar surface area (TPSA) is 38.3 Å². The second-order valence-electron chi connectivity index (χ2n) is 7.89. The summed E-state index contributed by atoms with van der Waals surface area (Å²) in [4.78, 5) is 12.5. The van der Waals surface area contributed by atoms with Gasteiger partial charge in [-0.25, -0.2) is 0 Å². The van der Waals surface area contributed by atoms with Crippen LogP contribution in [0.2, 0.25) is 5.02 Å². The molecule has 1 amide bonds. The number of aryl methyl sites for hydroxylation is 1. The number of benzene rings is 2. The monoisotopic (exact) mass is 422 g/mol. The van der Waals surface area contributed by atoms with E-state index in [0.717, 1.165) is 48.3 Å². The Morgan fingerprint density at radius 2 is 1.79 bits per heavy atom. The fraction of sp³-hybridized carbons (Fsp3) is 0.409. The molecule has 1 fully saturated rings. The van der Waals surface area contributed by atoms with Crippen molar-refractivity contribution in [1.29, 1.82) is 0 Å². The highest BCUT2D eigenvalue weighted by Crippen LogP contribution is 2.23. The summed E-state index contributed by atoms with van der Waals surface area (Å²) >= 11 is 5.97. The predicted molar refractivity (Wildman–Crippen MR) is 110 cm³/mol. The average molecular weight is 423 g/mol. The molecular formula is C22H28Cl2N2O2. The lowest BCUT2D eigenvalue weighted by Gasteiger charge is -2.40.